The van der Waals surface area contributed by atoms with Crippen LogP contribution in [-0.4, -0.2) is 117 Å². The number of primary amides is 1. The highest BCUT2D eigenvalue weighted by molar-refractivity contribution is 6.37. The lowest BCUT2D eigenvalue weighted by molar-refractivity contribution is -0.142. The summed E-state index contributed by atoms with van der Waals surface area (Å²) in [6, 6.07) is -1.75. The molecule has 0 aromatic heterocycles. The standard InChI is InChI=1S/C45H67N7O14/c1-5-6-16-29(39(60)40(46)61)48-42(63)31(21-25(2)3)50-43(64)32(22-27-13-8-7-9-14-27)51-44(65)33(23-28-15-11-10-12-26(28)4)52-41(62)30(17-19-36(54)55)49-45(66)34(24-38(58)59)47-35(53)18-20-37(56)57/h10-12,15,25,27,29-34H,5-9,13-14,16-24H2,1-4H3,(H2,46,61)(H,47,53)(H,48,63)(H,49,66)(H,50,64)(H,51,65)(H,52,62)(H,54,55)(H,56,57)(H,58,59)/t29-,30-,31-,32-,33-,34-/m0/s1. The SMILES string of the molecule is CCCC[C@H](NC(=O)[C@H](CC(C)C)NC(=O)[C@H](CC1CCCCC1)NC(=O)[C@H](Cc1ccccc1C)NC(=O)[C@H](CCC(=O)O)NC(=O)[C@H](CC(=O)O)NC(=O)CCC(=O)O)C(=O)C(N)=O. The van der Waals surface area contributed by atoms with Crippen molar-refractivity contribution in [3.8, 4) is 0 Å². The summed E-state index contributed by atoms with van der Waals surface area (Å²) in [6.07, 6.45) is 2.21. The maximum atomic E-state index is 14.5. The van der Waals surface area contributed by atoms with Crippen LogP contribution < -0.4 is 37.6 Å². The third-order valence-corrected chi connectivity index (χ3v) is 11.2. The third-order valence-electron chi connectivity index (χ3n) is 11.2. The van der Waals surface area contributed by atoms with Gasteiger partial charge in [0.05, 0.1) is 18.9 Å². The number of hydrogen-bond acceptors (Lipinski definition) is 11. The van der Waals surface area contributed by atoms with E-state index in [4.69, 9.17) is 10.8 Å². The number of nitrogens with one attached hydrogen (secondary N) is 6. The Hall–Kier alpha value is -6.41. The van der Waals surface area contributed by atoms with E-state index in [9.17, 15) is 63.0 Å². The fraction of sp³-hybridized carbons (Fsp3) is 0.622. The van der Waals surface area contributed by atoms with E-state index in [1.807, 2.05) is 20.8 Å². The summed E-state index contributed by atoms with van der Waals surface area (Å²) in [7, 11) is 0. The fourth-order valence-electron chi connectivity index (χ4n) is 7.58. The van der Waals surface area contributed by atoms with Crippen LogP contribution in [0.2, 0.25) is 0 Å². The largest absolute Gasteiger partial charge is 0.481 e. The van der Waals surface area contributed by atoms with Crippen LogP contribution in [0, 0.1) is 18.8 Å². The maximum absolute atomic E-state index is 14.5. The highest BCUT2D eigenvalue weighted by Gasteiger charge is 2.36. The number of carbonyl (C=O) groups excluding carboxylic acids is 8. The summed E-state index contributed by atoms with van der Waals surface area (Å²) in [5.74, 6) is -12.2. The van der Waals surface area contributed by atoms with Crippen LogP contribution in [0.15, 0.2) is 24.3 Å². The number of carboxylic acids is 3. The molecule has 0 unspecified atom stereocenters. The van der Waals surface area contributed by atoms with Gasteiger partial charge in [-0.2, -0.15) is 0 Å². The molecule has 7 amide bonds. The second-order valence-corrected chi connectivity index (χ2v) is 17.2. The van der Waals surface area contributed by atoms with E-state index in [0.717, 1.165) is 37.7 Å². The first-order chi connectivity index (χ1) is 31.1. The van der Waals surface area contributed by atoms with Crippen LogP contribution >= 0.6 is 0 Å². The minimum Gasteiger partial charge on any atom is -0.481 e. The number of amides is 7. The highest BCUT2D eigenvalue weighted by Crippen LogP contribution is 2.28. The van der Waals surface area contributed by atoms with Crippen molar-refractivity contribution in [2.75, 3.05) is 0 Å². The fourth-order valence-corrected chi connectivity index (χ4v) is 7.58. The smallest absolute Gasteiger partial charge is 0.305 e. The molecular weight excluding hydrogens is 863 g/mol. The van der Waals surface area contributed by atoms with Crippen molar-refractivity contribution in [2.24, 2.45) is 17.6 Å². The van der Waals surface area contributed by atoms with Crippen molar-refractivity contribution in [1.82, 2.24) is 31.9 Å². The van der Waals surface area contributed by atoms with Crippen molar-refractivity contribution in [3.05, 3.63) is 35.4 Å². The zero-order valence-electron chi connectivity index (χ0n) is 38.2. The van der Waals surface area contributed by atoms with Crippen LogP contribution in [0.4, 0.5) is 0 Å². The predicted octanol–water partition coefficient (Wildman–Crippen LogP) is 0.912. The van der Waals surface area contributed by atoms with Gasteiger partial charge in [0, 0.05) is 19.3 Å². The van der Waals surface area contributed by atoms with Gasteiger partial charge in [-0.3, -0.25) is 52.7 Å². The molecule has 1 aromatic rings. The predicted molar refractivity (Wildman–Crippen MR) is 237 cm³/mol. The number of aryl methyl sites for hydroxylation is 1. The highest BCUT2D eigenvalue weighted by atomic mass is 16.4. The minimum atomic E-state index is -1.80. The van der Waals surface area contributed by atoms with Crippen LogP contribution in [0.25, 0.3) is 0 Å². The first-order valence-corrected chi connectivity index (χ1v) is 22.5. The van der Waals surface area contributed by atoms with Crippen LogP contribution in [-0.2, 0) is 59.2 Å². The van der Waals surface area contributed by atoms with Crippen molar-refractivity contribution in [3.63, 3.8) is 0 Å². The molecule has 1 fully saturated rings. The van der Waals surface area contributed by atoms with Gasteiger partial charge in [0.1, 0.15) is 30.2 Å². The van der Waals surface area contributed by atoms with Crippen LogP contribution in [0.5, 0.6) is 0 Å². The van der Waals surface area contributed by atoms with Gasteiger partial charge in [-0.25, -0.2) is 0 Å². The Morgan fingerprint density at radius 1 is 0.621 bits per heavy atom. The Morgan fingerprint density at radius 3 is 1.73 bits per heavy atom. The Kier molecular flexibility index (Phi) is 24.1. The van der Waals surface area contributed by atoms with E-state index in [1.165, 1.54) is 0 Å². The molecule has 0 radical (unpaired) electrons. The molecule has 1 aromatic carbocycles. The molecule has 366 valence electrons. The number of nitrogens with two attached hydrogens (primary N) is 1. The molecule has 0 bridgehead atoms. The number of aliphatic carboxylic acids is 3. The van der Waals surface area contributed by atoms with Gasteiger partial charge in [-0.05, 0) is 55.6 Å². The Morgan fingerprint density at radius 2 is 1.15 bits per heavy atom. The molecule has 1 aliphatic rings. The summed E-state index contributed by atoms with van der Waals surface area (Å²) in [5.41, 5.74) is 6.59. The van der Waals surface area contributed by atoms with E-state index in [-0.39, 0.29) is 37.5 Å². The zero-order valence-corrected chi connectivity index (χ0v) is 38.2. The molecule has 0 saturated heterocycles. The molecular formula is C45H67N7O14. The topological polar surface area (TPSA) is 347 Å². The van der Waals surface area contributed by atoms with Gasteiger partial charge in [0.2, 0.25) is 41.2 Å². The summed E-state index contributed by atoms with van der Waals surface area (Å²) < 4.78 is 0. The van der Waals surface area contributed by atoms with Gasteiger partial charge >= 0.3 is 17.9 Å². The maximum Gasteiger partial charge on any atom is 0.305 e. The van der Waals surface area contributed by atoms with Crippen LogP contribution in [0.3, 0.4) is 0 Å². The zero-order chi connectivity index (χ0) is 49.5. The Labute approximate surface area is 383 Å². The number of benzene rings is 1. The van der Waals surface area contributed by atoms with Crippen molar-refractivity contribution >= 4 is 65.0 Å². The quantitative estimate of drug-likeness (QED) is 0.0480. The van der Waals surface area contributed by atoms with Gasteiger partial charge in [0.15, 0.2) is 0 Å². The molecule has 21 heteroatoms. The number of hydrogen-bond donors (Lipinski definition) is 10. The van der Waals surface area contributed by atoms with Gasteiger partial charge in [-0.1, -0.05) is 90.0 Å². The van der Waals surface area contributed by atoms with Crippen molar-refractivity contribution < 1.29 is 68.1 Å². The van der Waals surface area contributed by atoms with Gasteiger partial charge in [0.25, 0.3) is 5.91 Å². The lowest BCUT2D eigenvalue weighted by atomic mass is 9.84. The van der Waals surface area contributed by atoms with E-state index in [0.29, 0.717) is 18.4 Å². The molecule has 1 aliphatic carbocycles. The molecule has 2 rings (SSSR count). The van der Waals surface area contributed by atoms with E-state index >= 15 is 0 Å². The first-order valence-electron chi connectivity index (χ1n) is 22.5. The van der Waals surface area contributed by atoms with Gasteiger partial charge in [-0.15, -0.1) is 0 Å². The monoisotopic (exact) mass is 929 g/mol. The molecule has 0 spiro atoms. The average molecular weight is 930 g/mol. The van der Waals surface area contributed by atoms with E-state index in [2.05, 4.69) is 31.9 Å². The summed E-state index contributed by atoms with van der Waals surface area (Å²) in [6.45, 7) is 7.25. The third kappa shape index (κ3) is 20.6. The first kappa shape index (κ1) is 55.7. The number of Topliss-reactive ketones (excluding diaryl/α,β-unsaturated/α-hetero) is 1. The lowest BCUT2D eigenvalue weighted by Gasteiger charge is -2.30. The lowest BCUT2D eigenvalue weighted by Crippen LogP contribution is -2.60. The summed E-state index contributed by atoms with van der Waals surface area (Å²) in [5, 5.41) is 42.9. The Bertz CT molecular complexity index is 1900. The normalized spacial score (nSPS) is 15.3. The van der Waals surface area contributed by atoms with Crippen molar-refractivity contribution in [2.45, 2.75) is 167 Å². The summed E-state index contributed by atoms with van der Waals surface area (Å²) >= 11 is 0. The average Bonchev–Trinajstić information content (AvgIpc) is 3.24. The Balaban J connectivity index is 2.53. The molecule has 0 heterocycles. The number of carbonyl (C=O) groups is 11. The van der Waals surface area contributed by atoms with Crippen molar-refractivity contribution in [1.29, 1.82) is 0 Å². The number of ketones is 1. The summed E-state index contributed by atoms with van der Waals surface area (Å²) in [4.78, 5) is 141. The van der Waals surface area contributed by atoms with E-state index in [1.54, 1.807) is 31.2 Å². The van der Waals surface area contributed by atoms with Crippen LogP contribution in [0.1, 0.15) is 128 Å². The molecule has 1 saturated carbocycles. The van der Waals surface area contributed by atoms with Gasteiger partial charge < -0.3 is 53.0 Å². The number of rotatable bonds is 30. The number of carboxylic acid groups (broad SMARTS) is 3. The van der Waals surface area contributed by atoms with E-state index < -0.39 is 133 Å². The molecule has 11 N–H and O–H groups in total. The molecule has 0 aliphatic heterocycles. The molecule has 6 atom stereocenters. The minimum absolute atomic E-state index is 0.0119. The molecule has 66 heavy (non-hydrogen) atoms. The second kappa shape index (κ2) is 28.5. The molecule has 21 nitrogen and oxygen atoms in total. The second-order valence-electron chi connectivity index (χ2n) is 17.2. The number of unbranched alkanes of at least 4 members (excludes halogenated alkanes) is 1.